The minimum atomic E-state index is -1.43. The van der Waals surface area contributed by atoms with Crippen LogP contribution in [-0.4, -0.2) is 22.4 Å². The molecular formula is C17H17ClO3S. The molecule has 2 atom stereocenters. The zero-order chi connectivity index (χ0) is 16.1. The Morgan fingerprint density at radius 2 is 1.82 bits per heavy atom. The second-order valence-electron chi connectivity index (χ2n) is 4.87. The van der Waals surface area contributed by atoms with Crippen molar-refractivity contribution in [3.8, 4) is 5.75 Å². The van der Waals surface area contributed by atoms with Gasteiger partial charge in [0.25, 0.3) is 0 Å². The molecule has 5 heteroatoms. The van der Waals surface area contributed by atoms with Crippen LogP contribution < -0.4 is 4.74 Å². The molecule has 2 aromatic rings. The molecule has 0 N–H and O–H groups in total. The van der Waals surface area contributed by atoms with Crippen LogP contribution in [0.1, 0.15) is 12.5 Å². The zero-order valence-corrected chi connectivity index (χ0v) is 14.0. The van der Waals surface area contributed by atoms with Gasteiger partial charge >= 0.3 is 0 Å². The molecule has 3 nitrogen and oxygen atoms in total. The smallest absolute Gasteiger partial charge is 0.146 e. The summed E-state index contributed by atoms with van der Waals surface area (Å²) in [6.45, 7) is 1.46. The number of halogens is 1. The molecule has 0 saturated carbocycles. The molecule has 0 saturated heterocycles. The van der Waals surface area contributed by atoms with E-state index in [0.29, 0.717) is 22.1 Å². The fourth-order valence-electron chi connectivity index (χ4n) is 2.11. The minimum Gasteiger partial charge on any atom is -0.497 e. The maximum Gasteiger partial charge on any atom is 0.146 e. The third-order valence-electron chi connectivity index (χ3n) is 3.37. The normalized spacial score (nSPS) is 13.4. The van der Waals surface area contributed by atoms with E-state index in [4.69, 9.17) is 16.3 Å². The van der Waals surface area contributed by atoms with Crippen LogP contribution in [0.15, 0.2) is 53.4 Å². The van der Waals surface area contributed by atoms with Crippen molar-refractivity contribution in [2.45, 2.75) is 23.5 Å². The summed E-state index contributed by atoms with van der Waals surface area (Å²) in [6, 6.07) is 14.2. The molecule has 2 rings (SSSR count). The number of benzene rings is 2. The highest BCUT2D eigenvalue weighted by molar-refractivity contribution is 7.86. The SMILES string of the molecule is COc1ccc(S(=O)C(Cc2ccccc2Cl)C(C)=O)cc1. The molecular weight excluding hydrogens is 320 g/mol. The summed E-state index contributed by atoms with van der Waals surface area (Å²) in [5.41, 5.74) is 0.825. The van der Waals surface area contributed by atoms with Crippen LogP contribution in [0.3, 0.4) is 0 Å². The number of carbonyl (C=O) groups excluding carboxylic acids is 1. The molecule has 2 unspecified atom stereocenters. The van der Waals surface area contributed by atoms with Crippen LogP contribution in [0, 0.1) is 0 Å². The van der Waals surface area contributed by atoms with E-state index in [0.717, 1.165) is 5.56 Å². The first-order valence-electron chi connectivity index (χ1n) is 6.81. The number of hydrogen-bond donors (Lipinski definition) is 0. The monoisotopic (exact) mass is 336 g/mol. The van der Waals surface area contributed by atoms with Crippen LogP contribution in [0.25, 0.3) is 0 Å². The van der Waals surface area contributed by atoms with Crippen LogP contribution in [0.4, 0.5) is 0 Å². The lowest BCUT2D eigenvalue weighted by Gasteiger charge is -2.15. The summed E-state index contributed by atoms with van der Waals surface area (Å²) in [5.74, 6) is 0.570. The van der Waals surface area contributed by atoms with Crippen LogP contribution in [-0.2, 0) is 22.0 Å². The van der Waals surface area contributed by atoms with Gasteiger partial charge < -0.3 is 4.74 Å². The summed E-state index contributed by atoms with van der Waals surface area (Å²) in [7, 11) is 0.137. The first-order chi connectivity index (χ1) is 10.5. The van der Waals surface area contributed by atoms with Gasteiger partial charge in [0.1, 0.15) is 16.8 Å². The molecule has 0 spiro atoms. The van der Waals surface area contributed by atoms with Crippen molar-refractivity contribution in [2.24, 2.45) is 0 Å². The average molecular weight is 337 g/mol. The Morgan fingerprint density at radius 1 is 1.18 bits per heavy atom. The van der Waals surface area contributed by atoms with E-state index in [1.807, 2.05) is 18.2 Å². The number of methoxy groups -OCH3 is 1. The maximum atomic E-state index is 12.7. The number of Topliss-reactive ketones (excluding diaryl/α,β-unsaturated/α-hetero) is 1. The lowest BCUT2D eigenvalue weighted by atomic mass is 10.1. The van der Waals surface area contributed by atoms with E-state index in [9.17, 15) is 9.00 Å². The topological polar surface area (TPSA) is 43.4 Å². The van der Waals surface area contributed by atoms with Gasteiger partial charge in [0, 0.05) is 9.92 Å². The zero-order valence-electron chi connectivity index (χ0n) is 12.4. The molecule has 116 valence electrons. The van der Waals surface area contributed by atoms with E-state index in [1.54, 1.807) is 37.4 Å². The first kappa shape index (κ1) is 16.7. The van der Waals surface area contributed by atoms with Crippen LogP contribution in [0.5, 0.6) is 5.75 Å². The van der Waals surface area contributed by atoms with Crippen molar-refractivity contribution in [3.63, 3.8) is 0 Å². The van der Waals surface area contributed by atoms with Crippen LogP contribution in [0.2, 0.25) is 5.02 Å². The second-order valence-corrected chi connectivity index (χ2v) is 6.91. The van der Waals surface area contributed by atoms with Gasteiger partial charge in [-0.2, -0.15) is 0 Å². The Morgan fingerprint density at radius 3 is 2.36 bits per heavy atom. The summed E-state index contributed by atoms with van der Waals surface area (Å²) in [5, 5.41) is -0.0335. The van der Waals surface area contributed by atoms with E-state index in [1.165, 1.54) is 6.92 Å². The van der Waals surface area contributed by atoms with Gasteiger partial charge in [0.05, 0.1) is 17.9 Å². The van der Waals surface area contributed by atoms with Crippen molar-refractivity contribution in [1.82, 2.24) is 0 Å². The molecule has 0 amide bonds. The highest BCUT2D eigenvalue weighted by atomic mass is 35.5. The third-order valence-corrected chi connectivity index (χ3v) is 5.49. The molecule has 0 radical (unpaired) electrons. The van der Waals surface area contributed by atoms with Gasteiger partial charge in [-0.25, -0.2) is 0 Å². The van der Waals surface area contributed by atoms with Crippen molar-refractivity contribution in [2.75, 3.05) is 7.11 Å². The van der Waals surface area contributed by atoms with Gasteiger partial charge in [0.2, 0.25) is 0 Å². The number of carbonyl (C=O) groups is 1. The van der Waals surface area contributed by atoms with Gasteiger partial charge in [-0.05, 0) is 49.2 Å². The number of rotatable bonds is 6. The Hall–Kier alpha value is -1.65. The lowest BCUT2D eigenvalue weighted by molar-refractivity contribution is -0.116. The van der Waals surface area contributed by atoms with E-state index < -0.39 is 16.0 Å². The molecule has 0 aliphatic rings. The standard InChI is InChI=1S/C17H17ClO3S/c1-12(19)17(11-13-5-3-4-6-16(13)18)22(20)15-9-7-14(21-2)8-10-15/h3-10,17H,11H2,1-2H3. The predicted molar refractivity (Wildman–Crippen MR) is 89.0 cm³/mol. The van der Waals surface area contributed by atoms with Gasteiger partial charge in [-0.1, -0.05) is 29.8 Å². The summed E-state index contributed by atoms with van der Waals surface area (Å²) in [4.78, 5) is 12.5. The van der Waals surface area contributed by atoms with Crippen molar-refractivity contribution in [1.29, 1.82) is 0 Å². The van der Waals surface area contributed by atoms with Crippen molar-refractivity contribution < 1.29 is 13.7 Å². The number of ketones is 1. The van der Waals surface area contributed by atoms with Gasteiger partial charge in [-0.15, -0.1) is 0 Å². The summed E-state index contributed by atoms with van der Waals surface area (Å²) in [6.07, 6.45) is 0.355. The predicted octanol–water partition coefficient (Wildman–Crippen LogP) is 3.66. The minimum absolute atomic E-state index is 0.117. The molecule has 0 aliphatic heterocycles. The van der Waals surface area contributed by atoms with Gasteiger partial charge in [0.15, 0.2) is 0 Å². The summed E-state index contributed by atoms with van der Waals surface area (Å²) < 4.78 is 17.8. The molecule has 0 heterocycles. The summed E-state index contributed by atoms with van der Waals surface area (Å²) >= 11 is 6.14. The van der Waals surface area contributed by atoms with Crippen molar-refractivity contribution >= 4 is 28.2 Å². The van der Waals surface area contributed by atoms with E-state index in [-0.39, 0.29) is 5.78 Å². The van der Waals surface area contributed by atoms with Crippen molar-refractivity contribution in [3.05, 3.63) is 59.1 Å². The van der Waals surface area contributed by atoms with E-state index in [2.05, 4.69) is 0 Å². The average Bonchev–Trinajstić information content (AvgIpc) is 2.53. The van der Waals surface area contributed by atoms with Gasteiger partial charge in [-0.3, -0.25) is 9.00 Å². The maximum absolute atomic E-state index is 12.7. The fourth-order valence-corrected chi connectivity index (χ4v) is 3.69. The third kappa shape index (κ3) is 3.96. The quantitative estimate of drug-likeness (QED) is 0.808. The molecule has 0 fully saturated rings. The molecule has 0 bridgehead atoms. The second kappa shape index (κ2) is 7.56. The lowest BCUT2D eigenvalue weighted by Crippen LogP contribution is -2.26. The van der Waals surface area contributed by atoms with E-state index >= 15 is 0 Å². The highest BCUT2D eigenvalue weighted by Gasteiger charge is 2.24. The first-order valence-corrected chi connectivity index (χ1v) is 8.40. The Balaban J connectivity index is 2.25. The highest BCUT2D eigenvalue weighted by Crippen LogP contribution is 2.22. The Bertz CT molecular complexity index is 683. The fraction of sp³-hybridized carbons (Fsp3) is 0.235. The molecule has 0 aromatic heterocycles. The number of ether oxygens (including phenoxy) is 1. The Kier molecular flexibility index (Phi) is 5.75. The number of hydrogen-bond acceptors (Lipinski definition) is 3. The Labute approximate surface area is 137 Å². The molecule has 22 heavy (non-hydrogen) atoms. The van der Waals surface area contributed by atoms with Crippen LogP contribution >= 0.6 is 11.6 Å². The molecule has 2 aromatic carbocycles. The largest absolute Gasteiger partial charge is 0.497 e. The molecule has 0 aliphatic carbocycles.